The average Bonchev–Trinajstić information content (AvgIpc) is 3.06. The zero-order chi connectivity index (χ0) is 15.6. The highest BCUT2D eigenvalue weighted by molar-refractivity contribution is 7.98. The van der Waals surface area contributed by atoms with Crippen molar-refractivity contribution in [1.29, 1.82) is 0 Å². The number of hydrogen-bond donors (Lipinski definition) is 2. The SMILES string of the molecule is CSc1ccsc1C(=O)Nc1cnn(C(C)(C)C(=O)O)c1. The Morgan fingerprint density at radius 3 is 2.81 bits per heavy atom. The summed E-state index contributed by atoms with van der Waals surface area (Å²) in [5.74, 6) is -1.21. The third kappa shape index (κ3) is 3.11. The van der Waals surface area contributed by atoms with Crippen LogP contribution in [0.25, 0.3) is 0 Å². The van der Waals surface area contributed by atoms with E-state index < -0.39 is 11.5 Å². The van der Waals surface area contributed by atoms with Gasteiger partial charge in [-0.3, -0.25) is 9.48 Å². The van der Waals surface area contributed by atoms with E-state index in [0.717, 1.165) is 4.90 Å². The predicted octanol–water partition coefficient (Wildman–Crippen LogP) is 2.74. The Hall–Kier alpha value is -1.80. The molecule has 0 aliphatic heterocycles. The van der Waals surface area contributed by atoms with E-state index in [-0.39, 0.29) is 5.91 Å². The lowest BCUT2D eigenvalue weighted by molar-refractivity contribution is -0.146. The van der Waals surface area contributed by atoms with E-state index in [2.05, 4.69) is 10.4 Å². The summed E-state index contributed by atoms with van der Waals surface area (Å²) in [7, 11) is 0. The van der Waals surface area contributed by atoms with Crippen LogP contribution in [0.2, 0.25) is 0 Å². The van der Waals surface area contributed by atoms with Crippen molar-refractivity contribution in [2.24, 2.45) is 0 Å². The predicted molar refractivity (Wildman–Crippen MR) is 83.2 cm³/mol. The maximum Gasteiger partial charge on any atom is 0.331 e. The Morgan fingerprint density at radius 1 is 1.48 bits per heavy atom. The largest absolute Gasteiger partial charge is 0.479 e. The number of aliphatic carboxylic acids is 1. The van der Waals surface area contributed by atoms with Crippen molar-refractivity contribution in [3.8, 4) is 0 Å². The summed E-state index contributed by atoms with van der Waals surface area (Å²) in [6, 6.07) is 1.89. The molecule has 8 heteroatoms. The molecule has 0 aliphatic rings. The number of anilines is 1. The molecule has 2 aromatic heterocycles. The van der Waals surface area contributed by atoms with Gasteiger partial charge in [0.2, 0.25) is 0 Å². The van der Waals surface area contributed by atoms with E-state index in [1.807, 2.05) is 17.7 Å². The third-order valence-electron chi connectivity index (χ3n) is 2.99. The van der Waals surface area contributed by atoms with Crippen molar-refractivity contribution >= 4 is 40.7 Å². The maximum absolute atomic E-state index is 12.2. The van der Waals surface area contributed by atoms with Gasteiger partial charge < -0.3 is 10.4 Å². The Bertz CT molecular complexity index is 676. The van der Waals surface area contributed by atoms with Crippen LogP contribution in [0, 0.1) is 0 Å². The Labute approximate surface area is 130 Å². The van der Waals surface area contributed by atoms with Gasteiger partial charge in [-0.05, 0) is 31.5 Å². The minimum Gasteiger partial charge on any atom is -0.479 e. The van der Waals surface area contributed by atoms with E-state index in [9.17, 15) is 9.59 Å². The van der Waals surface area contributed by atoms with Crippen LogP contribution in [0.15, 0.2) is 28.7 Å². The molecule has 1 amide bonds. The van der Waals surface area contributed by atoms with Crippen LogP contribution in [-0.2, 0) is 10.3 Å². The monoisotopic (exact) mass is 325 g/mol. The van der Waals surface area contributed by atoms with Crippen LogP contribution in [0.3, 0.4) is 0 Å². The van der Waals surface area contributed by atoms with Gasteiger partial charge in [-0.1, -0.05) is 0 Å². The molecule has 0 saturated heterocycles. The molecule has 0 bridgehead atoms. The van der Waals surface area contributed by atoms with E-state index in [4.69, 9.17) is 5.11 Å². The fourth-order valence-electron chi connectivity index (χ4n) is 1.60. The number of rotatable bonds is 5. The summed E-state index contributed by atoms with van der Waals surface area (Å²) in [4.78, 5) is 24.9. The van der Waals surface area contributed by atoms with Crippen molar-refractivity contribution < 1.29 is 14.7 Å². The number of carbonyl (C=O) groups excluding carboxylic acids is 1. The van der Waals surface area contributed by atoms with Crippen LogP contribution >= 0.6 is 23.1 Å². The van der Waals surface area contributed by atoms with Crippen LogP contribution in [0.4, 0.5) is 5.69 Å². The van der Waals surface area contributed by atoms with Crippen molar-refractivity contribution in [3.63, 3.8) is 0 Å². The van der Waals surface area contributed by atoms with E-state index in [1.54, 1.807) is 13.8 Å². The quantitative estimate of drug-likeness (QED) is 0.826. The zero-order valence-corrected chi connectivity index (χ0v) is 13.4. The standard InChI is InChI=1S/C13H15N3O3S2/c1-13(2,12(18)19)16-7-8(6-14-16)15-11(17)10-9(20-3)4-5-21-10/h4-7H,1-3H3,(H,15,17)(H,18,19). The molecule has 0 unspecified atom stereocenters. The lowest BCUT2D eigenvalue weighted by atomic mass is 10.1. The van der Waals surface area contributed by atoms with Gasteiger partial charge in [-0.2, -0.15) is 5.10 Å². The summed E-state index contributed by atoms with van der Waals surface area (Å²) in [6.07, 6.45) is 4.86. The second-order valence-corrected chi connectivity index (χ2v) is 6.57. The van der Waals surface area contributed by atoms with Gasteiger partial charge in [0.05, 0.1) is 11.9 Å². The number of carboxylic acids is 1. The van der Waals surface area contributed by atoms with Crippen molar-refractivity contribution in [1.82, 2.24) is 9.78 Å². The molecule has 0 atom stereocenters. The summed E-state index contributed by atoms with van der Waals surface area (Å²) < 4.78 is 1.31. The van der Waals surface area contributed by atoms with Crippen LogP contribution in [-0.4, -0.2) is 33.0 Å². The highest BCUT2D eigenvalue weighted by Gasteiger charge is 2.30. The van der Waals surface area contributed by atoms with Gasteiger partial charge in [-0.25, -0.2) is 4.79 Å². The third-order valence-corrected chi connectivity index (χ3v) is 4.81. The van der Waals surface area contributed by atoms with Gasteiger partial charge in [0.25, 0.3) is 5.91 Å². The molecule has 2 N–H and O–H groups in total. The number of hydrogen-bond acceptors (Lipinski definition) is 5. The first-order valence-electron chi connectivity index (χ1n) is 6.07. The van der Waals surface area contributed by atoms with Crippen LogP contribution in [0.1, 0.15) is 23.5 Å². The number of thioether (sulfide) groups is 1. The number of carbonyl (C=O) groups is 2. The van der Waals surface area contributed by atoms with Gasteiger partial charge in [0.1, 0.15) is 4.88 Å². The number of carboxylic acid groups (broad SMARTS) is 1. The summed E-state index contributed by atoms with van der Waals surface area (Å²) >= 11 is 2.87. The van der Waals surface area contributed by atoms with Crippen molar-refractivity contribution in [3.05, 3.63) is 28.7 Å². The molecular formula is C13H15N3O3S2. The lowest BCUT2D eigenvalue weighted by Crippen LogP contribution is -2.35. The first-order chi connectivity index (χ1) is 9.86. The molecule has 0 aliphatic carbocycles. The zero-order valence-electron chi connectivity index (χ0n) is 11.8. The van der Waals surface area contributed by atoms with Gasteiger partial charge in [0.15, 0.2) is 5.54 Å². The molecule has 2 rings (SSSR count). The average molecular weight is 325 g/mol. The Kier molecular flexibility index (Phi) is 4.38. The Balaban J connectivity index is 2.17. The van der Waals surface area contributed by atoms with Gasteiger partial charge in [0, 0.05) is 11.1 Å². The molecule has 21 heavy (non-hydrogen) atoms. The second-order valence-electron chi connectivity index (χ2n) is 4.81. The highest BCUT2D eigenvalue weighted by Crippen LogP contribution is 2.26. The van der Waals surface area contributed by atoms with E-state index in [0.29, 0.717) is 10.6 Å². The topological polar surface area (TPSA) is 84.2 Å². The molecule has 0 aromatic carbocycles. The first-order valence-corrected chi connectivity index (χ1v) is 8.18. The number of thiophene rings is 1. The minimum absolute atomic E-state index is 0.220. The van der Waals surface area contributed by atoms with Crippen molar-refractivity contribution in [2.45, 2.75) is 24.3 Å². The summed E-state index contributed by atoms with van der Waals surface area (Å²) in [5, 5.41) is 17.8. The smallest absolute Gasteiger partial charge is 0.331 e. The molecule has 2 heterocycles. The van der Waals surface area contributed by atoms with Gasteiger partial charge >= 0.3 is 5.97 Å². The van der Waals surface area contributed by atoms with E-state index >= 15 is 0 Å². The molecule has 2 aromatic rings. The van der Waals surface area contributed by atoms with Gasteiger partial charge in [-0.15, -0.1) is 23.1 Å². The summed E-state index contributed by atoms with van der Waals surface area (Å²) in [5.41, 5.74) is -0.703. The molecule has 0 saturated carbocycles. The number of amides is 1. The van der Waals surface area contributed by atoms with Crippen LogP contribution < -0.4 is 5.32 Å². The fourth-order valence-corrected chi connectivity index (χ4v) is 3.25. The first kappa shape index (κ1) is 15.6. The second kappa shape index (κ2) is 5.90. The molecule has 0 spiro atoms. The normalized spacial score (nSPS) is 11.4. The molecule has 112 valence electrons. The molecule has 0 radical (unpaired) electrons. The number of nitrogens with one attached hydrogen (secondary N) is 1. The molecule has 6 nitrogen and oxygen atoms in total. The fraction of sp³-hybridized carbons (Fsp3) is 0.308. The Morgan fingerprint density at radius 2 is 2.19 bits per heavy atom. The number of nitrogens with zero attached hydrogens (tertiary/aromatic N) is 2. The van der Waals surface area contributed by atoms with E-state index in [1.165, 1.54) is 40.2 Å². The lowest BCUT2D eigenvalue weighted by Gasteiger charge is -2.19. The minimum atomic E-state index is -1.17. The van der Waals surface area contributed by atoms with Crippen LogP contribution in [0.5, 0.6) is 0 Å². The molecular weight excluding hydrogens is 310 g/mol. The maximum atomic E-state index is 12.2. The van der Waals surface area contributed by atoms with Crippen molar-refractivity contribution in [2.75, 3.05) is 11.6 Å². The highest BCUT2D eigenvalue weighted by atomic mass is 32.2. The summed E-state index contributed by atoms with van der Waals surface area (Å²) in [6.45, 7) is 3.08. The molecule has 0 fully saturated rings. The number of aromatic nitrogens is 2.